The predicted molar refractivity (Wildman–Crippen MR) is 118 cm³/mol. The molecule has 0 unspecified atom stereocenters. The zero-order chi connectivity index (χ0) is 21.2. The lowest BCUT2D eigenvalue weighted by molar-refractivity contribution is 0.0905. The van der Waals surface area contributed by atoms with Crippen LogP contribution in [0, 0.1) is 6.92 Å². The third-order valence-corrected chi connectivity index (χ3v) is 5.71. The Kier molecular flexibility index (Phi) is 5.38. The normalized spacial score (nSPS) is 14.9. The Hall–Kier alpha value is -3.26. The van der Waals surface area contributed by atoms with Gasteiger partial charge in [0.25, 0.3) is 5.89 Å². The molecule has 0 bridgehead atoms. The van der Waals surface area contributed by atoms with Gasteiger partial charge >= 0.3 is 0 Å². The van der Waals surface area contributed by atoms with E-state index in [4.69, 9.17) is 9.15 Å². The smallest absolute Gasteiger partial charge is 0.251 e. The van der Waals surface area contributed by atoms with Gasteiger partial charge in [0.2, 0.25) is 5.89 Å². The van der Waals surface area contributed by atoms with Crippen molar-refractivity contribution in [1.29, 1.82) is 0 Å². The van der Waals surface area contributed by atoms with Crippen molar-refractivity contribution < 1.29 is 9.15 Å². The monoisotopic (exact) mass is 418 g/mol. The molecule has 8 heteroatoms. The van der Waals surface area contributed by atoms with Crippen LogP contribution in [0.4, 0.5) is 5.69 Å². The van der Waals surface area contributed by atoms with E-state index in [1.807, 2.05) is 10.9 Å². The SMILES string of the molecule is CCn1ncc2c(NC3CCOCC3)c(-c3nnc(Cc4ccc(C)cc4)o3)cnc21. The van der Waals surface area contributed by atoms with E-state index in [-0.39, 0.29) is 0 Å². The van der Waals surface area contributed by atoms with Gasteiger partial charge in [0.15, 0.2) is 5.65 Å². The summed E-state index contributed by atoms with van der Waals surface area (Å²) in [5, 5.41) is 17.8. The zero-order valence-corrected chi connectivity index (χ0v) is 17.8. The van der Waals surface area contributed by atoms with Gasteiger partial charge in [-0.05, 0) is 32.3 Å². The van der Waals surface area contributed by atoms with Gasteiger partial charge in [0.05, 0.1) is 29.3 Å². The van der Waals surface area contributed by atoms with Crippen molar-refractivity contribution in [2.75, 3.05) is 18.5 Å². The third kappa shape index (κ3) is 4.03. The van der Waals surface area contributed by atoms with E-state index in [9.17, 15) is 0 Å². The maximum Gasteiger partial charge on any atom is 0.251 e. The van der Waals surface area contributed by atoms with E-state index in [1.54, 1.807) is 6.20 Å². The summed E-state index contributed by atoms with van der Waals surface area (Å²) in [6.07, 6.45) is 6.17. The Morgan fingerprint density at radius 1 is 1.10 bits per heavy atom. The number of nitrogens with zero attached hydrogens (tertiary/aromatic N) is 5. The molecule has 3 aromatic heterocycles. The summed E-state index contributed by atoms with van der Waals surface area (Å²) in [6.45, 7) is 6.41. The molecule has 1 saturated heterocycles. The fourth-order valence-electron chi connectivity index (χ4n) is 3.94. The molecule has 0 amide bonds. The van der Waals surface area contributed by atoms with Gasteiger partial charge < -0.3 is 14.5 Å². The molecule has 0 spiro atoms. The van der Waals surface area contributed by atoms with E-state index in [0.717, 1.165) is 60.4 Å². The quantitative estimate of drug-likeness (QED) is 0.506. The van der Waals surface area contributed by atoms with Crippen LogP contribution in [0.3, 0.4) is 0 Å². The van der Waals surface area contributed by atoms with Gasteiger partial charge in [-0.3, -0.25) is 0 Å². The Morgan fingerprint density at radius 3 is 2.68 bits per heavy atom. The minimum atomic E-state index is 0.318. The van der Waals surface area contributed by atoms with E-state index in [0.29, 0.717) is 24.2 Å². The summed E-state index contributed by atoms with van der Waals surface area (Å²) in [5.41, 5.74) is 4.96. The standard InChI is InChI=1S/C23H26N6O2/c1-3-29-22-18(14-25-29)21(26-17-8-10-30-11-9-17)19(13-24-22)23-28-27-20(31-23)12-16-6-4-15(2)5-7-16/h4-7,13-14,17H,3,8-12H2,1-2H3,(H,24,26). The van der Waals surface area contributed by atoms with Crippen LogP contribution in [0.5, 0.6) is 0 Å². The molecule has 31 heavy (non-hydrogen) atoms. The first-order chi connectivity index (χ1) is 15.2. The van der Waals surface area contributed by atoms with Crippen LogP contribution in [0.15, 0.2) is 41.1 Å². The fraction of sp³-hybridized carbons (Fsp3) is 0.391. The molecule has 1 fully saturated rings. The number of anilines is 1. The number of pyridine rings is 1. The molecule has 0 radical (unpaired) electrons. The van der Waals surface area contributed by atoms with Crippen LogP contribution < -0.4 is 5.32 Å². The fourth-order valence-corrected chi connectivity index (χ4v) is 3.94. The highest BCUT2D eigenvalue weighted by atomic mass is 16.5. The molecular formula is C23H26N6O2. The van der Waals surface area contributed by atoms with Crippen molar-refractivity contribution >= 4 is 16.7 Å². The Labute approximate surface area is 180 Å². The molecule has 0 atom stereocenters. The van der Waals surface area contributed by atoms with E-state index >= 15 is 0 Å². The average Bonchev–Trinajstić information content (AvgIpc) is 3.43. The number of benzene rings is 1. The lowest BCUT2D eigenvalue weighted by Gasteiger charge is -2.25. The van der Waals surface area contributed by atoms with Crippen molar-refractivity contribution in [3.63, 3.8) is 0 Å². The summed E-state index contributed by atoms with van der Waals surface area (Å²) in [5.74, 6) is 1.05. The number of aryl methyl sites for hydroxylation is 2. The molecule has 1 aromatic carbocycles. The molecule has 160 valence electrons. The molecule has 5 rings (SSSR count). The van der Waals surface area contributed by atoms with Crippen LogP contribution in [0.1, 0.15) is 36.8 Å². The summed E-state index contributed by atoms with van der Waals surface area (Å²) in [4.78, 5) is 4.65. The number of hydrogen-bond acceptors (Lipinski definition) is 7. The first kappa shape index (κ1) is 19.7. The summed E-state index contributed by atoms with van der Waals surface area (Å²) in [7, 11) is 0. The van der Waals surface area contributed by atoms with Crippen LogP contribution in [-0.4, -0.2) is 44.2 Å². The minimum Gasteiger partial charge on any atom is -0.420 e. The third-order valence-electron chi connectivity index (χ3n) is 5.71. The maximum atomic E-state index is 6.06. The molecule has 4 aromatic rings. The number of nitrogens with one attached hydrogen (secondary N) is 1. The topological polar surface area (TPSA) is 90.9 Å². The molecular weight excluding hydrogens is 392 g/mol. The van der Waals surface area contributed by atoms with Gasteiger partial charge in [-0.2, -0.15) is 5.10 Å². The number of hydrogen-bond donors (Lipinski definition) is 1. The van der Waals surface area contributed by atoms with Crippen molar-refractivity contribution in [2.45, 2.75) is 45.7 Å². The second kappa shape index (κ2) is 8.47. The number of rotatable bonds is 6. The van der Waals surface area contributed by atoms with Gasteiger partial charge in [0.1, 0.15) is 0 Å². The first-order valence-electron chi connectivity index (χ1n) is 10.8. The van der Waals surface area contributed by atoms with Gasteiger partial charge in [-0.1, -0.05) is 29.8 Å². The minimum absolute atomic E-state index is 0.318. The Morgan fingerprint density at radius 2 is 1.90 bits per heavy atom. The van der Waals surface area contributed by atoms with E-state index in [1.165, 1.54) is 5.56 Å². The molecule has 0 saturated carbocycles. The summed E-state index contributed by atoms with van der Waals surface area (Å²) in [6, 6.07) is 8.67. The second-order valence-corrected chi connectivity index (χ2v) is 7.94. The highest BCUT2D eigenvalue weighted by molar-refractivity contribution is 5.96. The number of ether oxygens (including phenoxy) is 1. The Balaban J connectivity index is 1.50. The van der Waals surface area contributed by atoms with Crippen LogP contribution >= 0.6 is 0 Å². The van der Waals surface area contributed by atoms with E-state index in [2.05, 4.69) is 63.7 Å². The molecule has 1 N–H and O–H groups in total. The molecule has 8 nitrogen and oxygen atoms in total. The van der Waals surface area contributed by atoms with Gasteiger partial charge in [-0.25, -0.2) is 9.67 Å². The Bertz CT molecular complexity index is 1170. The molecule has 1 aliphatic rings. The van der Waals surface area contributed by atoms with Crippen molar-refractivity contribution in [1.82, 2.24) is 25.0 Å². The average molecular weight is 419 g/mol. The van der Waals surface area contributed by atoms with Crippen molar-refractivity contribution in [3.8, 4) is 11.5 Å². The number of fused-ring (bicyclic) bond motifs is 1. The van der Waals surface area contributed by atoms with Crippen LogP contribution in [0.2, 0.25) is 0 Å². The predicted octanol–water partition coefficient (Wildman–Crippen LogP) is 3.99. The lowest BCUT2D eigenvalue weighted by atomic mass is 10.1. The second-order valence-electron chi connectivity index (χ2n) is 7.94. The largest absolute Gasteiger partial charge is 0.420 e. The van der Waals surface area contributed by atoms with Crippen LogP contribution in [-0.2, 0) is 17.7 Å². The highest BCUT2D eigenvalue weighted by Gasteiger charge is 2.22. The first-order valence-corrected chi connectivity index (χ1v) is 10.8. The van der Waals surface area contributed by atoms with E-state index < -0.39 is 0 Å². The van der Waals surface area contributed by atoms with Gasteiger partial charge in [-0.15, -0.1) is 10.2 Å². The van der Waals surface area contributed by atoms with Crippen molar-refractivity contribution in [2.24, 2.45) is 0 Å². The van der Waals surface area contributed by atoms with Gasteiger partial charge in [0, 0.05) is 32.0 Å². The molecule has 4 heterocycles. The maximum absolute atomic E-state index is 6.06. The lowest BCUT2D eigenvalue weighted by Crippen LogP contribution is -2.28. The van der Waals surface area contributed by atoms with Crippen molar-refractivity contribution in [3.05, 3.63) is 53.7 Å². The van der Waals surface area contributed by atoms with Crippen LogP contribution in [0.25, 0.3) is 22.5 Å². The summed E-state index contributed by atoms with van der Waals surface area (Å²) < 4.78 is 13.5. The number of aromatic nitrogens is 5. The highest BCUT2D eigenvalue weighted by Crippen LogP contribution is 2.34. The summed E-state index contributed by atoms with van der Waals surface area (Å²) >= 11 is 0. The molecule has 1 aliphatic heterocycles. The molecule has 0 aliphatic carbocycles. The zero-order valence-electron chi connectivity index (χ0n) is 17.8.